The van der Waals surface area contributed by atoms with Crippen molar-refractivity contribution in [1.29, 1.82) is 0 Å². The molecule has 0 radical (unpaired) electrons. The summed E-state index contributed by atoms with van der Waals surface area (Å²) >= 11 is 0. The van der Waals surface area contributed by atoms with Gasteiger partial charge in [-0.3, -0.25) is 0 Å². The van der Waals surface area contributed by atoms with Crippen LogP contribution in [-0.2, 0) is 4.79 Å². The van der Waals surface area contributed by atoms with Crippen molar-refractivity contribution in [3.8, 4) is 0 Å². The summed E-state index contributed by atoms with van der Waals surface area (Å²) in [4.78, 5) is 12.4. The van der Waals surface area contributed by atoms with Crippen LogP contribution in [0.1, 0.15) is 19.3 Å². The first-order chi connectivity index (χ1) is 5.42. The number of amides is 1. The van der Waals surface area contributed by atoms with Gasteiger partial charge in [-0.05, 0) is 25.8 Å². The van der Waals surface area contributed by atoms with Gasteiger partial charge in [0.2, 0.25) is 0 Å². The molecule has 3 nitrogen and oxygen atoms in total. The molecule has 0 spiro atoms. The van der Waals surface area contributed by atoms with Crippen molar-refractivity contribution in [1.82, 2.24) is 10.2 Å². The molecule has 1 N–H and O–H groups in total. The van der Waals surface area contributed by atoms with Gasteiger partial charge in [0.25, 0.3) is 0 Å². The molecule has 2 fully saturated rings. The summed E-state index contributed by atoms with van der Waals surface area (Å²) in [6.07, 6.45) is 5.49. The Kier molecular flexibility index (Phi) is 4.90. The second kappa shape index (κ2) is 5.20. The van der Waals surface area contributed by atoms with Gasteiger partial charge in [-0.2, -0.15) is 6.41 Å². The van der Waals surface area contributed by atoms with Crippen molar-refractivity contribution in [2.75, 3.05) is 13.1 Å². The Morgan fingerprint density at radius 1 is 1.25 bits per heavy atom. The van der Waals surface area contributed by atoms with E-state index in [-0.39, 0.29) is 58.2 Å². The van der Waals surface area contributed by atoms with Crippen LogP contribution in [0.15, 0.2) is 0 Å². The van der Waals surface area contributed by atoms with Crippen LogP contribution in [0.25, 0.3) is 0 Å². The molecule has 2 atom stereocenters. The summed E-state index contributed by atoms with van der Waals surface area (Å²) in [6, 6.07) is 0.910. The molecule has 62 valence electrons. The van der Waals surface area contributed by atoms with Gasteiger partial charge in [-0.15, -0.1) is 0 Å². The summed E-state index contributed by atoms with van der Waals surface area (Å²) in [6.45, 7) is 2.02. The maximum absolute atomic E-state index is 10.5. The summed E-state index contributed by atoms with van der Waals surface area (Å²) in [7, 11) is 0. The molecule has 2 unspecified atom stereocenters. The molecule has 0 saturated carbocycles. The molecule has 0 aromatic rings. The molecule has 0 aliphatic carbocycles. The molecule has 2 aliphatic rings. The van der Waals surface area contributed by atoms with E-state index in [1.165, 1.54) is 6.42 Å². The first-order valence-corrected chi connectivity index (χ1v) is 4.28. The molecule has 2 saturated heterocycles. The van der Waals surface area contributed by atoms with Crippen molar-refractivity contribution < 1.29 is 63.0 Å². The molecule has 2 bridgehead atoms. The number of rotatable bonds is 1. The first-order valence-electron chi connectivity index (χ1n) is 4.28. The zero-order valence-corrected chi connectivity index (χ0v) is 12.5. The fraction of sp³-hybridized carbons (Fsp3) is 0.875. The van der Waals surface area contributed by atoms with Crippen LogP contribution < -0.4 is 63.5 Å². The van der Waals surface area contributed by atoms with Crippen molar-refractivity contribution in [3.05, 3.63) is 0 Å². The normalized spacial score (nSPS) is 33.8. The Labute approximate surface area is 122 Å². The average Bonchev–Trinajstić information content (AvgIpc) is 2.23. The van der Waals surface area contributed by atoms with E-state index in [2.05, 4.69) is 5.32 Å². The number of nitrogens with zero attached hydrogens (tertiary/aromatic N) is 1. The second-order valence-corrected chi connectivity index (χ2v) is 3.38. The van der Waals surface area contributed by atoms with Gasteiger partial charge in [-0.1, -0.05) is 0 Å². The third-order valence-electron chi connectivity index (χ3n) is 2.76. The molecule has 0 aromatic carbocycles. The number of carbonyl (C=O) groups excluding carboxylic acids is 1. The van der Waals surface area contributed by atoms with Crippen molar-refractivity contribution in [3.63, 3.8) is 0 Å². The van der Waals surface area contributed by atoms with Crippen LogP contribution in [0.4, 0.5) is 0 Å². The van der Waals surface area contributed by atoms with E-state index in [9.17, 15) is 4.79 Å². The van der Waals surface area contributed by atoms with Crippen LogP contribution in [0.3, 0.4) is 0 Å². The number of hydrogen-bond acceptors (Lipinski definition) is 2. The minimum atomic E-state index is 0. The van der Waals surface area contributed by atoms with Gasteiger partial charge in [0, 0.05) is 18.6 Å². The van der Waals surface area contributed by atoms with E-state index in [1.807, 2.05) is 11.3 Å². The van der Waals surface area contributed by atoms with Gasteiger partial charge in [0.1, 0.15) is 0 Å². The van der Waals surface area contributed by atoms with E-state index in [1.54, 1.807) is 0 Å². The van der Waals surface area contributed by atoms with Gasteiger partial charge in [0.05, 0.1) is 0 Å². The molecular weight excluding hydrogens is 226 g/mol. The summed E-state index contributed by atoms with van der Waals surface area (Å²) < 4.78 is 0. The van der Waals surface area contributed by atoms with Gasteiger partial charge >= 0.3 is 58.2 Å². The van der Waals surface area contributed by atoms with E-state index in [0.717, 1.165) is 25.9 Å². The predicted molar refractivity (Wildman–Crippen MR) is 41.8 cm³/mol. The number of fused-ring (bicyclic) bond motifs is 2. The predicted octanol–water partition coefficient (Wildman–Crippen LogP) is -3.12. The monoisotopic (exact) mass is 238 g/mol. The fourth-order valence-electron chi connectivity index (χ4n) is 2.13. The molecule has 2 aliphatic heterocycles. The molecule has 2 heterocycles. The summed E-state index contributed by atoms with van der Waals surface area (Å²) in [5.74, 6) is 0. The van der Waals surface area contributed by atoms with Crippen LogP contribution in [0, 0.1) is 0 Å². The molecular formula is C8H13N2ORb. The average molecular weight is 239 g/mol. The van der Waals surface area contributed by atoms with E-state index in [0.29, 0.717) is 12.1 Å². The Bertz CT molecular complexity index is 151. The SMILES string of the molecule is O=[C-]N1C2CCNCC1CC2.[Rb+]. The zero-order valence-electron chi connectivity index (χ0n) is 7.55. The molecule has 2 rings (SSSR count). The standard InChI is InChI=1S/C8H13N2O.Rb/c11-6-10-7-1-2-8(10)5-9-4-3-7;/h7-9H,1-5H2;/q-1;+1. The van der Waals surface area contributed by atoms with Crippen molar-refractivity contribution in [2.24, 2.45) is 0 Å². The Hall–Kier alpha value is 1.24. The maximum atomic E-state index is 10.5. The quantitative estimate of drug-likeness (QED) is 0.491. The minimum absolute atomic E-state index is 0. The summed E-state index contributed by atoms with van der Waals surface area (Å²) in [5.41, 5.74) is 0. The third-order valence-corrected chi connectivity index (χ3v) is 2.76. The topological polar surface area (TPSA) is 32.3 Å². The number of hydrogen-bond donors (Lipinski definition) is 1. The number of nitrogens with one attached hydrogen (secondary N) is 1. The Morgan fingerprint density at radius 2 is 2.00 bits per heavy atom. The maximum Gasteiger partial charge on any atom is 1.00 e. The zero-order chi connectivity index (χ0) is 7.68. The fourth-order valence-corrected chi connectivity index (χ4v) is 2.13. The minimum Gasteiger partial charge on any atom is -0.520 e. The summed E-state index contributed by atoms with van der Waals surface area (Å²) in [5, 5.41) is 3.32. The van der Waals surface area contributed by atoms with Crippen molar-refractivity contribution in [2.45, 2.75) is 31.3 Å². The molecule has 12 heavy (non-hydrogen) atoms. The van der Waals surface area contributed by atoms with Crippen LogP contribution in [-0.4, -0.2) is 36.5 Å². The van der Waals surface area contributed by atoms with Crippen LogP contribution >= 0.6 is 0 Å². The van der Waals surface area contributed by atoms with Gasteiger partial charge in [-0.25, -0.2) is 0 Å². The molecule has 4 heteroatoms. The van der Waals surface area contributed by atoms with Gasteiger partial charge < -0.3 is 15.0 Å². The van der Waals surface area contributed by atoms with E-state index >= 15 is 0 Å². The van der Waals surface area contributed by atoms with Gasteiger partial charge in [0.15, 0.2) is 0 Å². The largest absolute Gasteiger partial charge is 1.00 e. The van der Waals surface area contributed by atoms with E-state index in [4.69, 9.17) is 0 Å². The van der Waals surface area contributed by atoms with Crippen LogP contribution in [0.2, 0.25) is 0 Å². The first kappa shape index (κ1) is 11.3. The van der Waals surface area contributed by atoms with E-state index < -0.39 is 0 Å². The molecule has 0 aromatic heterocycles. The Morgan fingerprint density at radius 3 is 2.75 bits per heavy atom. The van der Waals surface area contributed by atoms with Crippen molar-refractivity contribution >= 4 is 6.41 Å². The molecule has 1 amide bonds. The Balaban J connectivity index is 0.000000720. The van der Waals surface area contributed by atoms with Crippen LogP contribution in [0.5, 0.6) is 0 Å². The second-order valence-electron chi connectivity index (χ2n) is 3.38. The smallest absolute Gasteiger partial charge is 0.520 e. The third kappa shape index (κ3) is 2.18.